The van der Waals surface area contributed by atoms with Gasteiger partial charge in [0.05, 0.1) is 20.3 Å². The van der Waals surface area contributed by atoms with Crippen LogP contribution in [0.3, 0.4) is 0 Å². The molecule has 2 rings (SSSR count). The number of carbonyl (C=O) groups is 1. The van der Waals surface area contributed by atoms with Gasteiger partial charge in [0.1, 0.15) is 11.4 Å². The Bertz CT molecular complexity index is 825. The zero-order valence-electron chi connectivity index (χ0n) is 19.5. The highest BCUT2D eigenvalue weighted by Crippen LogP contribution is 2.53. The van der Waals surface area contributed by atoms with Crippen LogP contribution in [0.5, 0.6) is 5.75 Å². The molecular weight excluding hydrogens is 399 g/mol. The molecule has 0 bridgehead atoms. The molecule has 0 saturated heterocycles. The minimum Gasteiger partial charge on any atom is -0.496 e. The first kappa shape index (κ1) is 24.8. The first-order valence-corrected chi connectivity index (χ1v) is 12.5. The molecule has 1 aromatic rings. The van der Waals surface area contributed by atoms with Crippen LogP contribution in [0.2, 0.25) is 0 Å². The molecule has 168 valence electrons. The van der Waals surface area contributed by atoms with Gasteiger partial charge in [0.25, 0.3) is 0 Å². The Morgan fingerprint density at radius 2 is 1.70 bits per heavy atom. The van der Waals surface area contributed by atoms with Crippen LogP contribution in [0.1, 0.15) is 76.6 Å². The van der Waals surface area contributed by atoms with E-state index in [2.05, 4.69) is 26.8 Å². The van der Waals surface area contributed by atoms with Gasteiger partial charge in [-0.1, -0.05) is 26.8 Å². The van der Waals surface area contributed by atoms with Crippen LogP contribution >= 0.6 is 7.60 Å². The Kier molecular flexibility index (Phi) is 8.50. The van der Waals surface area contributed by atoms with Gasteiger partial charge in [0.2, 0.25) is 0 Å². The van der Waals surface area contributed by atoms with E-state index in [1.54, 1.807) is 27.9 Å². The van der Waals surface area contributed by atoms with E-state index in [4.69, 9.17) is 13.8 Å². The number of allylic oxidation sites excluding steroid dienone is 1. The van der Waals surface area contributed by atoms with Gasteiger partial charge in [-0.3, -0.25) is 9.36 Å². The number of fused-ring (bicyclic) bond motifs is 1. The Balaban J connectivity index is 2.45. The molecule has 0 heterocycles. The molecule has 0 aromatic heterocycles. The summed E-state index contributed by atoms with van der Waals surface area (Å²) in [7, 11) is -1.75. The summed E-state index contributed by atoms with van der Waals surface area (Å²) in [6, 6.07) is 2.14. The molecule has 0 aliphatic heterocycles. The molecule has 1 aromatic carbocycles. The fourth-order valence-electron chi connectivity index (χ4n) is 3.97. The van der Waals surface area contributed by atoms with Gasteiger partial charge in [-0.05, 0) is 80.7 Å². The van der Waals surface area contributed by atoms with Gasteiger partial charge < -0.3 is 13.8 Å². The van der Waals surface area contributed by atoms with Gasteiger partial charge in [-0.15, -0.1) is 0 Å². The van der Waals surface area contributed by atoms with Crippen LogP contribution in [-0.4, -0.2) is 31.8 Å². The third kappa shape index (κ3) is 5.43. The molecule has 6 heteroatoms. The zero-order chi connectivity index (χ0) is 22.5. The van der Waals surface area contributed by atoms with Crippen molar-refractivity contribution in [1.82, 2.24) is 0 Å². The van der Waals surface area contributed by atoms with Crippen LogP contribution in [-0.2, 0) is 36.7 Å². The highest BCUT2D eigenvalue weighted by atomic mass is 31.2. The summed E-state index contributed by atoms with van der Waals surface area (Å²) in [6.07, 6.45) is 7.61. The fourth-order valence-corrected chi connectivity index (χ4v) is 5.61. The lowest BCUT2D eigenvalue weighted by Gasteiger charge is -2.29. The van der Waals surface area contributed by atoms with Crippen molar-refractivity contribution in [2.24, 2.45) is 0 Å². The number of ketones is 1. The molecule has 30 heavy (non-hydrogen) atoms. The summed E-state index contributed by atoms with van der Waals surface area (Å²) >= 11 is 0. The molecule has 0 fully saturated rings. The van der Waals surface area contributed by atoms with Crippen molar-refractivity contribution in [3.05, 3.63) is 34.4 Å². The summed E-state index contributed by atoms with van der Waals surface area (Å²) in [6.45, 7) is 12.1. The van der Waals surface area contributed by atoms with E-state index >= 15 is 0 Å². The van der Waals surface area contributed by atoms with Crippen molar-refractivity contribution in [3.8, 4) is 5.75 Å². The lowest BCUT2D eigenvalue weighted by atomic mass is 9.78. The Morgan fingerprint density at radius 3 is 2.20 bits per heavy atom. The van der Waals surface area contributed by atoms with Gasteiger partial charge in [0.15, 0.2) is 5.78 Å². The van der Waals surface area contributed by atoms with E-state index in [9.17, 15) is 9.36 Å². The van der Waals surface area contributed by atoms with Gasteiger partial charge in [-0.2, -0.15) is 0 Å². The van der Waals surface area contributed by atoms with Crippen molar-refractivity contribution in [1.29, 1.82) is 0 Å². The maximum Gasteiger partial charge on any atom is 0.341 e. The zero-order valence-corrected chi connectivity index (χ0v) is 20.4. The molecule has 1 aliphatic carbocycles. The molecule has 1 atom stereocenters. The highest BCUT2D eigenvalue weighted by molar-refractivity contribution is 7.55. The van der Waals surface area contributed by atoms with Crippen molar-refractivity contribution in [2.45, 2.75) is 78.3 Å². The summed E-state index contributed by atoms with van der Waals surface area (Å²) in [5.41, 5.74) is 3.76. The Labute approximate surface area is 181 Å². The van der Waals surface area contributed by atoms with Crippen molar-refractivity contribution < 1.29 is 23.1 Å². The second-order valence-electron chi connectivity index (χ2n) is 8.75. The normalized spacial score (nSPS) is 15.8. The summed E-state index contributed by atoms with van der Waals surface area (Å²) < 4.78 is 29.5. The quantitative estimate of drug-likeness (QED) is 0.345. The van der Waals surface area contributed by atoms with Gasteiger partial charge in [0, 0.05) is 5.56 Å². The topological polar surface area (TPSA) is 61.8 Å². The second-order valence-corrected chi connectivity index (χ2v) is 11.1. The third-order valence-corrected chi connectivity index (χ3v) is 8.02. The summed E-state index contributed by atoms with van der Waals surface area (Å²) in [5, 5.41) is 0. The van der Waals surface area contributed by atoms with Gasteiger partial charge >= 0.3 is 7.60 Å². The number of benzene rings is 1. The number of rotatable bonds is 9. The van der Waals surface area contributed by atoms with E-state index in [1.165, 1.54) is 17.2 Å². The number of carbonyl (C=O) groups excluding carboxylic acids is 1. The van der Waals surface area contributed by atoms with Crippen LogP contribution in [0, 0.1) is 0 Å². The van der Waals surface area contributed by atoms with Crippen LogP contribution in [0.25, 0.3) is 6.08 Å². The number of methoxy groups -OCH3 is 1. The number of hydrogen-bond acceptors (Lipinski definition) is 5. The molecule has 0 radical (unpaired) electrons. The smallest absolute Gasteiger partial charge is 0.341 e. The maximum atomic E-state index is 13.0. The summed E-state index contributed by atoms with van der Waals surface area (Å²) in [5.74, 6) is 0.726. The highest BCUT2D eigenvalue weighted by Gasteiger charge is 2.36. The van der Waals surface area contributed by atoms with Crippen LogP contribution < -0.4 is 4.74 Å². The standard InChI is InChI=1S/C24H37O5P/c1-8-28-30(26,29-9-2)17(3)22(25)15-14-18-16-21(24(4,5)6)23(27-7)20-13-11-10-12-19(18)20/h14-17H,8-13H2,1-7H3/b15-14+. The van der Waals surface area contributed by atoms with Crippen LogP contribution in [0.15, 0.2) is 12.1 Å². The average molecular weight is 437 g/mol. The first-order valence-electron chi connectivity index (χ1n) is 10.9. The lowest BCUT2D eigenvalue weighted by molar-refractivity contribution is -0.114. The number of hydrogen-bond donors (Lipinski definition) is 0. The van der Waals surface area contributed by atoms with Crippen molar-refractivity contribution in [3.63, 3.8) is 0 Å². The minimum atomic E-state index is -3.48. The van der Waals surface area contributed by atoms with Crippen LogP contribution in [0.4, 0.5) is 0 Å². The Hall–Kier alpha value is -1.42. The third-order valence-electron chi connectivity index (χ3n) is 5.58. The maximum absolute atomic E-state index is 13.0. The second kappa shape index (κ2) is 10.3. The first-order chi connectivity index (χ1) is 14.1. The molecule has 1 aliphatic rings. The molecular formula is C24H37O5P. The molecule has 0 amide bonds. The molecule has 1 unspecified atom stereocenters. The molecule has 5 nitrogen and oxygen atoms in total. The van der Waals surface area contributed by atoms with E-state index in [1.807, 2.05) is 6.08 Å². The SMILES string of the molecule is CCOP(=O)(OCC)C(C)C(=O)/C=C/c1cc(C(C)(C)C)c(OC)c2c1CCCC2. The lowest BCUT2D eigenvalue weighted by Crippen LogP contribution is -2.19. The van der Waals surface area contributed by atoms with E-state index in [0.717, 1.165) is 42.6 Å². The number of ether oxygens (including phenoxy) is 1. The predicted octanol–water partition coefficient (Wildman–Crippen LogP) is 6.11. The van der Waals surface area contributed by atoms with Crippen molar-refractivity contribution in [2.75, 3.05) is 20.3 Å². The molecule has 0 spiro atoms. The largest absolute Gasteiger partial charge is 0.496 e. The van der Waals surface area contributed by atoms with Gasteiger partial charge in [-0.25, -0.2) is 0 Å². The molecule has 0 N–H and O–H groups in total. The monoisotopic (exact) mass is 436 g/mol. The van der Waals surface area contributed by atoms with E-state index in [0.29, 0.717) is 0 Å². The Morgan fingerprint density at radius 1 is 1.13 bits per heavy atom. The minimum absolute atomic E-state index is 0.0860. The van der Waals surface area contributed by atoms with Crippen molar-refractivity contribution >= 4 is 19.5 Å². The fraction of sp³-hybridized carbons (Fsp3) is 0.625. The van der Waals surface area contributed by atoms with E-state index < -0.39 is 13.3 Å². The predicted molar refractivity (Wildman–Crippen MR) is 123 cm³/mol. The van der Waals surface area contributed by atoms with E-state index in [-0.39, 0.29) is 24.4 Å². The summed E-state index contributed by atoms with van der Waals surface area (Å²) in [4.78, 5) is 12.8. The molecule has 0 saturated carbocycles. The average Bonchev–Trinajstić information content (AvgIpc) is 2.70.